The van der Waals surface area contributed by atoms with E-state index in [0.717, 1.165) is 0 Å². The van der Waals surface area contributed by atoms with Gasteiger partial charge in [-0.15, -0.1) is 0 Å². The summed E-state index contributed by atoms with van der Waals surface area (Å²) >= 11 is 4.27. The minimum atomic E-state index is -1.69. The first-order chi connectivity index (χ1) is 12.0. The van der Waals surface area contributed by atoms with Gasteiger partial charge in [-0.25, -0.2) is 0 Å². The van der Waals surface area contributed by atoms with Crippen LogP contribution in [0.4, 0.5) is 0 Å². The van der Waals surface area contributed by atoms with Crippen LogP contribution in [0.5, 0.6) is 0 Å². The third-order valence-corrected chi connectivity index (χ3v) is 5.39. The molecule has 0 N–H and O–H groups in total. The molecule has 3 rings (SSSR count). The van der Waals surface area contributed by atoms with Crippen LogP contribution in [-0.2, 0) is 20.6 Å². The molecular weight excluding hydrogens is 364 g/mol. The molecule has 0 aromatic heterocycles. The minimum absolute atomic E-state index is 0.0588. The Hall–Kier alpha value is -2.28. The number of halogens is 1. The van der Waals surface area contributed by atoms with Gasteiger partial charge in [0.25, 0.3) is 0 Å². The Bertz CT molecular complexity index is 906. The highest BCUT2D eigenvalue weighted by Gasteiger charge is 2.39. The molecule has 1 atom stereocenters. The van der Waals surface area contributed by atoms with Crippen molar-refractivity contribution in [2.75, 3.05) is 14.2 Å². The van der Waals surface area contributed by atoms with Crippen molar-refractivity contribution in [3.05, 3.63) is 70.1 Å². The van der Waals surface area contributed by atoms with E-state index in [1.807, 2.05) is 0 Å². The van der Waals surface area contributed by atoms with Gasteiger partial charge in [0, 0.05) is 27.8 Å². The summed E-state index contributed by atoms with van der Waals surface area (Å²) in [6.07, 6.45) is 0. The number of carbonyl (C=O) groups is 2. The predicted octanol–water partition coefficient (Wildman–Crippen LogP) is 3.39. The molecule has 2 aromatic carbocycles. The summed E-state index contributed by atoms with van der Waals surface area (Å²) in [5.41, 5.74) is 0.194. The number of ketones is 2. The summed E-state index contributed by atoms with van der Waals surface area (Å²) in [5, 5.41) is 0.428. The lowest BCUT2D eigenvalue weighted by Crippen LogP contribution is -2.26. The van der Waals surface area contributed by atoms with Gasteiger partial charge in [-0.1, -0.05) is 23.7 Å². The van der Waals surface area contributed by atoms with E-state index >= 15 is 0 Å². The smallest absolute Gasteiger partial charge is 0.237 e. The van der Waals surface area contributed by atoms with Crippen molar-refractivity contribution in [3.63, 3.8) is 0 Å². The van der Waals surface area contributed by atoms with Gasteiger partial charge in [-0.05, 0) is 24.3 Å². The number of hydrogen-bond acceptors (Lipinski definition) is 5. The number of ether oxygens (including phenoxy) is 2. The van der Waals surface area contributed by atoms with Crippen molar-refractivity contribution in [1.82, 2.24) is 0 Å². The first kappa shape index (κ1) is 17.5. The first-order valence-electron chi connectivity index (χ1n) is 7.21. The molecule has 0 heterocycles. The molecule has 1 aliphatic carbocycles. The lowest BCUT2D eigenvalue weighted by molar-refractivity contribution is 0.0826. The summed E-state index contributed by atoms with van der Waals surface area (Å²) < 4.78 is 23.1. The number of methoxy groups -OCH3 is 2. The largest absolute Gasteiger partial charge is 0.606 e. The van der Waals surface area contributed by atoms with Gasteiger partial charge in [-0.3, -0.25) is 9.59 Å². The monoisotopic (exact) mass is 376 g/mol. The van der Waals surface area contributed by atoms with Crippen molar-refractivity contribution in [2.45, 2.75) is 9.79 Å². The fourth-order valence-corrected chi connectivity index (χ4v) is 4.17. The Labute approximate surface area is 152 Å². The molecule has 2 aromatic rings. The molecule has 128 valence electrons. The van der Waals surface area contributed by atoms with Crippen LogP contribution in [0.25, 0.3) is 0 Å². The third kappa shape index (κ3) is 2.93. The number of Topliss-reactive ketones (excluding diaryl/α,β-unsaturated/α-hetero) is 2. The number of rotatable bonds is 4. The molecule has 0 amide bonds. The van der Waals surface area contributed by atoms with Gasteiger partial charge in [0.15, 0.2) is 9.79 Å². The first-order valence-corrected chi connectivity index (χ1v) is 8.74. The summed E-state index contributed by atoms with van der Waals surface area (Å²) in [6, 6.07) is 11.2. The van der Waals surface area contributed by atoms with E-state index in [0.29, 0.717) is 9.92 Å². The maximum atomic E-state index is 13.0. The Morgan fingerprint density at radius 3 is 2.24 bits per heavy atom. The van der Waals surface area contributed by atoms with E-state index in [2.05, 4.69) is 0 Å². The molecule has 0 bridgehead atoms. The number of fused-ring (bicyclic) bond motifs is 1. The highest BCUT2D eigenvalue weighted by molar-refractivity contribution is 7.91. The number of allylic oxidation sites excluding steroid dienone is 2. The van der Waals surface area contributed by atoms with Gasteiger partial charge < -0.3 is 14.0 Å². The van der Waals surface area contributed by atoms with E-state index in [9.17, 15) is 14.1 Å². The molecule has 0 saturated carbocycles. The summed E-state index contributed by atoms with van der Waals surface area (Å²) in [6.45, 7) is 0. The van der Waals surface area contributed by atoms with Crippen LogP contribution >= 0.6 is 11.6 Å². The van der Waals surface area contributed by atoms with E-state index in [1.165, 1.54) is 20.3 Å². The Morgan fingerprint density at radius 2 is 1.60 bits per heavy atom. The van der Waals surface area contributed by atoms with Crippen molar-refractivity contribution < 1.29 is 23.6 Å². The average Bonchev–Trinajstić information content (AvgIpc) is 2.63. The van der Waals surface area contributed by atoms with E-state index in [-0.39, 0.29) is 27.5 Å². The van der Waals surface area contributed by atoms with Crippen LogP contribution in [0.3, 0.4) is 0 Å². The summed E-state index contributed by atoms with van der Waals surface area (Å²) in [5.74, 6) is -1.39. The average molecular weight is 377 g/mol. The van der Waals surface area contributed by atoms with Gasteiger partial charge >= 0.3 is 0 Å². The molecule has 0 fully saturated rings. The van der Waals surface area contributed by atoms with Crippen LogP contribution in [0, 0.1) is 0 Å². The number of carbonyl (C=O) groups excluding carboxylic acids is 2. The van der Waals surface area contributed by atoms with Gasteiger partial charge in [0.2, 0.25) is 23.1 Å². The Balaban J connectivity index is 2.18. The van der Waals surface area contributed by atoms with Crippen LogP contribution in [0.2, 0.25) is 5.02 Å². The van der Waals surface area contributed by atoms with Gasteiger partial charge in [0.1, 0.15) is 0 Å². The second-order valence-electron chi connectivity index (χ2n) is 5.13. The van der Waals surface area contributed by atoms with Gasteiger partial charge in [-0.2, -0.15) is 0 Å². The fraction of sp³-hybridized carbons (Fsp3) is 0.111. The molecule has 7 heteroatoms. The Kier molecular flexibility index (Phi) is 4.85. The van der Waals surface area contributed by atoms with Crippen molar-refractivity contribution in [3.8, 4) is 0 Å². The second kappa shape index (κ2) is 6.92. The normalized spacial score (nSPS) is 15.0. The lowest BCUT2D eigenvalue weighted by Gasteiger charge is -2.21. The zero-order valence-corrected chi connectivity index (χ0v) is 14.9. The topological polar surface area (TPSA) is 75.7 Å². The Morgan fingerprint density at radius 1 is 0.960 bits per heavy atom. The lowest BCUT2D eigenvalue weighted by atomic mass is 9.92. The molecule has 1 unspecified atom stereocenters. The minimum Gasteiger partial charge on any atom is -0.606 e. The van der Waals surface area contributed by atoms with Gasteiger partial charge in [0.05, 0.1) is 19.8 Å². The number of benzene rings is 2. The molecule has 0 radical (unpaired) electrons. The molecule has 5 nitrogen and oxygen atoms in total. The molecule has 0 spiro atoms. The van der Waals surface area contributed by atoms with Crippen LogP contribution in [0.15, 0.2) is 63.8 Å². The van der Waals surface area contributed by atoms with Crippen LogP contribution in [0.1, 0.15) is 20.7 Å². The SMILES string of the molecule is COC1=C(OC)C(=O)c2c(cccc2[S+]([O-])c2cccc(Cl)c2)C1=O. The zero-order chi connectivity index (χ0) is 18.1. The standard InChI is InChI=1S/C18H13ClO5S/c1-23-17-15(20)12-7-4-8-13(14(12)16(21)18(17)24-2)25(22)11-6-3-5-10(19)9-11/h3-9H,1-2H3. The zero-order valence-electron chi connectivity index (χ0n) is 13.4. The van der Waals surface area contributed by atoms with E-state index in [1.54, 1.807) is 36.4 Å². The van der Waals surface area contributed by atoms with E-state index < -0.39 is 22.7 Å². The highest BCUT2D eigenvalue weighted by Crippen LogP contribution is 2.34. The fourth-order valence-electron chi connectivity index (χ4n) is 2.63. The molecular formula is C18H13ClO5S. The molecule has 1 aliphatic rings. The quantitative estimate of drug-likeness (QED) is 0.764. The van der Waals surface area contributed by atoms with E-state index in [4.69, 9.17) is 21.1 Å². The summed E-state index contributed by atoms with van der Waals surface area (Å²) in [7, 11) is 2.57. The second-order valence-corrected chi connectivity index (χ2v) is 7.01. The molecule has 25 heavy (non-hydrogen) atoms. The summed E-state index contributed by atoms with van der Waals surface area (Å²) in [4.78, 5) is 26.1. The van der Waals surface area contributed by atoms with Crippen LogP contribution < -0.4 is 0 Å². The number of hydrogen-bond donors (Lipinski definition) is 0. The molecule has 0 aliphatic heterocycles. The maximum absolute atomic E-state index is 13.0. The van der Waals surface area contributed by atoms with Crippen molar-refractivity contribution in [2.24, 2.45) is 0 Å². The van der Waals surface area contributed by atoms with Crippen LogP contribution in [-0.4, -0.2) is 30.3 Å². The van der Waals surface area contributed by atoms with Crippen molar-refractivity contribution >= 4 is 34.3 Å². The third-order valence-electron chi connectivity index (χ3n) is 3.73. The highest BCUT2D eigenvalue weighted by atomic mass is 35.5. The van der Waals surface area contributed by atoms with Crippen molar-refractivity contribution in [1.29, 1.82) is 0 Å². The molecule has 0 saturated heterocycles. The predicted molar refractivity (Wildman–Crippen MR) is 92.3 cm³/mol. The maximum Gasteiger partial charge on any atom is 0.237 e.